The normalized spacial score (nSPS) is 16.8. The second-order valence-corrected chi connectivity index (χ2v) is 9.37. The first-order valence-electron chi connectivity index (χ1n) is 11.9. The number of hydrogen-bond donors (Lipinski definition) is 3. The molecule has 5 rings (SSSR count). The molecule has 2 amide bonds. The lowest BCUT2D eigenvalue weighted by molar-refractivity contribution is -0.126. The van der Waals surface area contributed by atoms with E-state index in [1.54, 1.807) is 35.2 Å². The van der Waals surface area contributed by atoms with Crippen LogP contribution in [0, 0.1) is 17.1 Å². The highest BCUT2D eigenvalue weighted by Crippen LogP contribution is 2.33. The van der Waals surface area contributed by atoms with E-state index in [0.717, 1.165) is 16.8 Å². The number of phenolic OH excluding ortho intramolecular Hbond substituents is 1. The fourth-order valence-electron chi connectivity index (χ4n) is 4.84. The third-order valence-electron chi connectivity index (χ3n) is 6.85. The number of fused-ring (bicyclic) bond motifs is 1. The van der Waals surface area contributed by atoms with E-state index in [2.05, 4.69) is 10.3 Å². The van der Waals surface area contributed by atoms with Crippen molar-refractivity contribution in [1.29, 1.82) is 5.26 Å². The van der Waals surface area contributed by atoms with Crippen molar-refractivity contribution in [3.8, 4) is 11.8 Å². The highest BCUT2D eigenvalue weighted by atomic mass is 19.1. The Morgan fingerprint density at radius 3 is 2.84 bits per heavy atom. The van der Waals surface area contributed by atoms with Gasteiger partial charge in [0.2, 0.25) is 11.8 Å². The Labute approximate surface area is 217 Å². The van der Waals surface area contributed by atoms with Gasteiger partial charge in [0.15, 0.2) is 0 Å². The van der Waals surface area contributed by atoms with Gasteiger partial charge in [0.25, 0.3) is 0 Å². The van der Waals surface area contributed by atoms with Crippen molar-refractivity contribution in [2.45, 2.75) is 31.5 Å². The Morgan fingerprint density at radius 1 is 1.26 bits per heavy atom. The maximum absolute atomic E-state index is 14.2. The molecule has 1 fully saturated rings. The molecule has 10 heteroatoms. The SMILES string of the molecule is CC(O)(c1ccc(C#N)c(F)c1)c1cncn1CC(=O)N[C@@H]1CCN(c2cccc3ccc(O)cc23)C1=O. The van der Waals surface area contributed by atoms with E-state index in [0.29, 0.717) is 18.7 Å². The van der Waals surface area contributed by atoms with Crippen molar-refractivity contribution in [3.05, 3.63) is 89.8 Å². The topological polar surface area (TPSA) is 131 Å². The van der Waals surface area contributed by atoms with Gasteiger partial charge in [-0.25, -0.2) is 9.37 Å². The summed E-state index contributed by atoms with van der Waals surface area (Å²) >= 11 is 0. The second kappa shape index (κ2) is 9.61. The minimum atomic E-state index is -1.70. The number of nitrogens with one attached hydrogen (secondary N) is 1. The molecule has 3 N–H and O–H groups in total. The molecule has 0 aliphatic carbocycles. The van der Waals surface area contributed by atoms with E-state index in [4.69, 9.17) is 5.26 Å². The fraction of sp³-hybridized carbons (Fsp3) is 0.214. The highest BCUT2D eigenvalue weighted by Gasteiger charge is 2.35. The first kappa shape index (κ1) is 24.9. The molecule has 0 bridgehead atoms. The lowest BCUT2D eigenvalue weighted by Gasteiger charge is -2.25. The molecule has 1 aliphatic heterocycles. The molecule has 38 heavy (non-hydrogen) atoms. The molecule has 0 saturated carbocycles. The summed E-state index contributed by atoms with van der Waals surface area (Å²) in [5.41, 5.74) is -0.757. The molecule has 4 aromatic rings. The van der Waals surface area contributed by atoms with E-state index in [-0.39, 0.29) is 35.0 Å². The van der Waals surface area contributed by atoms with Crippen molar-refractivity contribution >= 4 is 28.3 Å². The molecule has 9 nitrogen and oxygen atoms in total. The molecular weight excluding hydrogens is 489 g/mol. The number of imidazole rings is 1. The molecule has 1 saturated heterocycles. The van der Waals surface area contributed by atoms with Crippen LogP contribution < -0.4 is 10.2 Å². The van der Waals surface area contributed by atoms with Crippen LogP contribution in [-0.4, -0.2) is 44.2 Å². The fourth-order valence-corrected chi connectivity index (χ4v) is 4.84. The Balaban J connectivity index is 1.31. The van der Waals surface area contributed by atoms with Gasteiger partial charge in [-0.1, -0.05) is 24.3 Å². The first-order chi connectivity index (χ1) is 18.2. The van der Waals surface area contributed by atoms with Gasteiger partial charge in [0.1, 0.15) is 35.8 Å². The van der Waals surface area contributed by atoms with Crippen LogP contribution in [0.15, 0.2) is 67.1 Å². The van der Waals surface area contributed by atoms with Crippen molar-refractivity contribution in [2.24, 2.45) is 0 Å². The monoisotopic (exact) mass is 513 g/mol. The van der Waals surface area contributed by atoms with E-state index < -0.39 is 23.4 Å². The number of aliphatic hydroxyl groups is 1. The van der Waals surface area contributed by atoms with Crippen LogP contribution in [0.2, 0.25) is 0 Å². The Kier molecular flexibility index (Phi) is 6.30. The summed E-state index contributed by atoms with van der Waals surface area (Å²) in [5, 5.41) is 34.5. The number of anilines is 1. The Hall–Kier alpha value is -4.75. The second-order valence-electron chi connectivity index (χ2n) is 9.37. The average Bonchev–Trinajstić information content (AvgIpc) is 3.50. The number of nitriles is 1. The summed E-state index contributed by atoms with van der Waals surface area (Å²) in [6, 6.07) is 15.3. The number of benzene rings is 3. The number of rotatable bonds is 6. The molecular formula is C28H24FN5O4. The zero-order valence-electron chi connectivity index (χ0n) is 20.4. The smallest absolute Gasteiger partial charge is 0.249 e. The molecule has 1 unspecified atom stereocenters. The van der Waals surface area contributed by atoms with Crippen LogP contribution in [0.4, 0.5) is 10.1 Å². The predicted molar refractivity (Wildman–Crippen MR) is 137 cm³/mol. The van der Waals surface area contributed by atoms with Crippen molar-refractivity contribution in [1.82, 2.24) is 14.9 Å². The van der Waals surface area contributed by atoms with E-state index in [1.807, 2.05) is 12.1 Å². The van der Waals surface area contributed by atoms with Crippen LogP contribution in [0.1, 0.15) is 30.2 Å². The number of carbonyl (C=O) groups excluding carboxylic acids is 2. The molecule has 2 heterocycles. The van der Waals surface area contributed by atoms with Crippen molar-refractivity contribution < 1.29 is 24.2 Å². The van der Waals surface area contributed by atoms with Crippen molar-refractivity contribution in [2.75, 3.05) is 11.4 Å². The Bertz CT molecular complexity index is 1610. The Morgan fingerprint density at radius 2 is 2.08 bits per heavy atom. The number of aromatic nitrogens is 2. The van der Waals surface area contributed by atoms with Gasteiger partial charge in [0.05, 0.1) is 29.5 Å². The lowest BCUT2D eigenvalue weighted by atomic mass is 9.92. The largest absolute Gasteiger partial charge is 0.508 e. The van der Waals surface area contributed by atoms with Crippen LogP contribution >= 0.6 is 0 Å². The van der Waals surface area contributed by atoms with Gasteiger partial charge >= 0.3 is 0 Å². The minimum Gasteiger partial charge on any atom is -0.508 e. The maximum atomic E-state index is 14.2. The van der Waals surface area contributed by atoms with Gasteiger partial charge < -0.3 is 25.0 Å². The molecule has 1 aromatic heterocycles. The predicted octanol–water partition coefficient (Wildman–Crippen LogP) is 2.93. The summed E-state index contributed by atoms with van der Waals surface area (Å²) < 4.78 is 15.6. The number of carbonyl (C=O) groups is 2. The molecule has 0 spiro atoms. The number of amides is 2. The number of aromatic hydroxyl groups is 1. The van der Waals surface area contributed by atoms with Gasteiger partial charge in [-0.2, -0.15) is 5.26 Å². The van der Waals surface area contributed by atoms with Crippen LogP contribution in [0.5, 0.6) is 5.75 Å². The van der Waals surface area contributed by atoms with Gasteiger partial charge in [0, 0.05) is 11.9 Å². The van der Waals surface area contributed by atoms with E-state index in [1.165, 1.54) is 36.1 Å². The number of hydrogen-bond acceptors (Lipinski definition) is 6. The number of halogens is 1. The number of phenols is 1. The summed E-state index contributed by atoms with van der Waals surface area (Å²) in [5.74, 6) is -1.39. The molecule has 3 aromatic carbocycles. The van der Waals surface area contributed by atoms with Gasteiger partial charge in [-0.3, -0.25) is 9.59 Å². The van der Waals surface area contributed by atoms with Crippen molar-refractivity contribution in [3.63, 3.8) is 0 Å². The zero-order valence-corrected chi connectivity index (χ0v) is 20.4. The molecule has 192 valence electrons. The van der Waals surface area contributed by atoms with E-state index in [9.17, 15) is 24.2 Å². The van der Waals surface area contributed by atoms with Crippen LogP contribution in [0.25, 0.3) is 10.8 Å². The third-order valence-corrected chi connectivity index (χ3v) is 6.85. The quantitative estimate of drug-likeness (QED) is 0.363. The van der Waals surface area contributed by atoms with Crippen LogP contribution in [0.3, 0.4) is 0 Å². The minimum absolute atomic E-state index is 0.0946. The highest BCUT2D eigenvalue weighted by molar-refractivity contribution is 6.08. The molecule has 1 aliphatic rings. The lowest BCUT2D eigenvalue weighted by Crippen LogP contribution is -2.43. The maximum Gasteiger partial charge on any atom is 0.249 e. The first-order valence-corrected chi connectivity index (χ1v) is 11.9. The number of nitrogens with zero attached hydrogens (tertiary/aromatic N) is 4. The summed E-state index contributed by atoms with van der Waals surface area (Å²) in [4.78, 5) is 31.8. The van der Waals surface area contributed by atoms with E-state index >= 15 is 0 Å². The van der Waals surface area contributed by atoms with Gasteiger partial charge in [-0.15, -0.1) is 0 Å². The average molecular weight is 514 g/mol. The van der Waals surface area contributed by atoms with Crippen LogP contribution in [-0.2, 0) is 21.7 Å². The standard InChI is InChI=1S/C28H24FN5O4/c1-28(38,19-7-5-18(13-30)22(29)11-19)25-14-31-16-33(25)15-26(36)32-23-9-10-34(27(23)37)24-4-2-3-17-6-8-20(35)12-21(17)24/h2-8,11-12,14,16,23,35,38H,9-10,15H2,1H3,(H,32,36)/t23-,28?/m1/s1. The van der Waals surface area contributed by atoms with Gasteiger partial charge in [-0.05, 0) is 54.6 Å². The molecule has 2 atom stereocenters. The summed E-state index contributed by atoms with van der Waals surface area (Å²) in [6.07, 6.45) is 3.15. The molecule has 0 radical (unpaired) electrons. The summed E-state index contributed by atoms with van der Waals surface area (Å²) in [6.45, 7) is 1.61. The zero-order chi connectivity index (χ0) is 27.0. The summed E-state index contributed by atoms with van der Waals surface area (Å²) in [7, 11) is 0. The third kappa shape index (κ3) is 4.44.